The molecule has 1 aliphatic rings. The fourth-order valence-corrected chi connectivity index (χ4v) is 1.87. The summed E-state index contributed by atoms with van der Waals surface area (Å²) in [5, 5.41) is 10.5. The number of nitrogens with zero attached hydrogens (tertiary/aromatic N) is 1. The van der Waals surface area contributed by atoms with Crippen LogP contribution in [0.4, 0.5) is 5.69 Å². The Balaban J connectivity index is 1.84. The van der Waals surface area contributed by atoms with Crippen molar-refractivity contribution in [3.8, 4) is 0 Å². The van der Waals surface area contributed by atoms with Crippen molar-refractivity contribution in [3.05, 3.63) is 28.1 Å². The summed E-state index contributed by atoms with van der Waals surface area (Å²) in [6, 6.07) is 1.09. The predicted octanol–water partition coefficient (Wildman–Crippen LogP) is 0.110. The monoisotopic (exact) mass is 282 g/mol. The Labute approximate surface area is 113 Å². The molecular weight excluding hydrogens is 268 g/mol. The average molecular weight is 282 g/mol. The van der Waals surface area contributed by atoms with E-state index in [2.05, 4.69) is 15.8 Å². The minimum absolute atomic E-state index is 0.00368. The molecule has 0 saturated carbocycles. The number of carbonyl (C=O) groups is 2. The highest BCUT2D eigenvalue weighted by molar-refractivity contribution is 5.94. The highest BCUT2D eigenvalue weighted by Crippen LogP contribution is 2.14. The van der Waals surface area contributed by atoms with Crippen LogP contribution in [0.5, 0.6) is 0 Å². The summed E-state index contributed by atoms with van der Waals surface area (Å²) in [7, 11) is 0. The Morgan fingerprint density at radius 3 is 2.65 bits per heavy atom. The zero-order valence-corrected chi connectivity index (χ0v) is 10.5. The zero-order chi connectivity index (χ0) is 14.5. The number of carbonyl (C=O) groups excluding carboxylic acids is 2. The van der Waals surface area contributed by atoms with Gasteiger partial charge in [-0.1, -0.05) is 0 Å². The van der Waals surface area contributed by atoms with E-state index in [-0.39, 0.29) is 23.2 Å². The Morgan fingerprint density at radius 2 is 2.05 bits per heavy atom. The van der Waals surface area contributed by atoms with Crippen LogP contribution < -0.4 is 10.9 Å². The Morgan fingerprint density at radius 1 is 1.35 bits per heavy atom. The molecule has 2 heterocycles. The van der Waals surface area contributed by atoms with Gasteiger partial charge in [0.2, 0.25) is 5.91 Å². The average Bonchev–Trinajstić information content (AvgIpc) is 2.95. The van der Waals surface area contributed by atoms with Crippen LogP contribution in [0, 0.1) is 16.0 Å². The molecule has 3 N–H and O–H groups in total. The molecule has 1 fully saturated rings. The topological polar surface area (TPSA) is 126 Å². The quantitative estimate of drug-likeness (QED) is 0.535. The lowest BCUT2D eigenvalue weighted by Gasteiger charge is -2.21. The van der Waals surface area contributed by atoms with Gasteiger partial charge in [0, 0.05) is 25.2 Å². The third kappa shape index (κ3) is 3.32. The van der Waals surface area contributed by atoms with Crippen molar-refractivity contribution in [2.75, 3.05) is 13.2 Å². The maximum absolute atomic E-state index is 11.7. The molecule has 2 amide bonds. The van der Waals surface area contributed by atoms with E-state index in [1.807, 2.05) is 0 Å². The molecule has 20 heavy (non-hydrogen) atoms. The molecule has 108 valence electrons. The predicted molar refractivity (Wildman–Crippen MR) is 66.6 cm³/mol. The molecule has 1 aliphatic heterocycles. The molecule has 1 saturated heterocycles. The van der Waals surface area contributed by atoms with Crippen LogP contribution in [-0.4, -0.2) is 34.9 Å². The van der Waals surface area contributed by atoms with E-state index in [0.29, 0.717) is 26.1 Å². The van der Waals surface area contributed by atoms with Crippen LogP contribution in [0.3, 0.4) is 0 Å². The highest BCUT2D eigenvalue weighted by atomic mass is 16.6. The molecule has 0 aromatic carbocycles. The highest BCUT2D eigenvalue weighted by Gasteiger charge is 2.22. The number of aromatic amines is 1. The lowest BCUT2D eigenvalue weighted by molar-refractivity contribution is -0.384. The van der Waals surface area contributed by atoms with Gasteiger partial charge in [0.15, 0.2) is 0 Å². The van der Waals surface area contributed by atoms with Gasteiger partial charge in [-0.05, 0) is 12.8 Å². The number of amides is 2. The molecule has 2 rings (SSSR count). The van der Waals surface area contributed by atoms with Gasteiger partial charge in [-0.2, -0.15) is 0 Å². The van der Waals surface area contributed by atoms with Crippen molar-refractivity contribution in [2.24, 2.45) is 5.92 Å². The summed E-state index contributed by atoms with van der Waals surface area (Å²) in [6.45, 7) is 1.05. The molecule has 9 heteroatoms. The molecule has 0 bridgehead atoms. The van der Waals surface area contributed by atoms with E-state index in [0.717, 1.165) is 12.3 Å². The van der Waals surface area contributed by atoms with Crippen molar-refractivity contribution in [1.82, 2.24) is 15.8 Å². The molecular formula is C11H14N4O5. The van der Waals surface area contributed by atoms with Gasteiger partial charge < -0.3 is 9.72 Å². The minimum atomic E-state index is -0.640. The van der Waals surface area contributed by atoms with Crippen molar-refractivity contribution < 1.29 is 19.2 Å². The second kappa shape index (κ2) is 6.15. The van der Waals surface area contributed by atoms with Crippen LogP contribution in [0.2, 0.25) is 0 Å². The number of nitro groups is 1. The lowest BCUT2D eigenvalue weighted by atomic mass is 10.00. The Bertz CT molecular complexity index is 521. The molecule has 0 unspecified atom stereocenters. The molecule has 9 nitrogen and oxygen atoms in total. The first kappa shape index (κ1) is 14.0. The summed E-state index contributed by atoms with van der Waals surface area (Å²) in [6.07, 6.45) is 2.32. The first-order valence-electron chi connectivity index (χ1n) is 6.08. The normalized spacial score (nSPS) is 15.6. The maximum Gasteiger partial charge on any atom is 0.287 e. The van der Waals surface area contributed by atoms with Crippen molar-refractivity contribution >= 4 is 17.5 Å². The fraction of sp³-hybridized carbons (Fsp3) is 0.455. The number of aromatic nitrogens is 1. The first-order chi connectivity index (χ1) is 9.58. The van der Waals surface area contributed by atoms with Gasteiger partial charge in [-0.3, -0.25) is 30.6 Å². The number of ether oxygens (including phenoxy) is 1. The summed E-state index contributed by atoms with van der Waals surface area (Å²) in [5.74, 6) is -1.12. The Kier molecular flexibility index (Phi) is 4.31. The van der Waals surface area contributed by atoms with Gasteiger partial charge in [-0.15, -0.1) is 0 Å². The van der Waals surface area contributed by atoms with Crippen LogP contribution in [0.1, 0.15) is 23.3 Å². The van der Waals surface area contributed by atoms with Crippen LogP contribution in [-0.2, 0) is 9.53 Å². The largest absolute Gasteiger partial charge is 0.381 e. The summed E-state index contributed by atoms with van der Waals surface area (Å²) < 4.78 is 5.13. The molecule has 1 aromatic heterocycles. The molecule has 0 atom stereocenters. The molecule has 1 aromatic rings. The fourth-order valence-electron chi connectivity index (χ4n) is 1.87. The maximum atomic E-state index is 11.7. The van der Waals surface area contributed by atoms with Gasteiger partial charge in [0.1, 0.15) is 5.69 Å². The van der Waals surface area contributed by atoms with Gasteiger partial charge in [0.05, 0.1) is 11.1 Å². The third-order valence-corrected chi connectivity index (χ3v) is 3.01. The van der Waals surface area contributed by atoms with Gasteiger partial charge >= 0.3 is 0 Å². The second-order valence-electron chi connectivity index (χ2n) is 4.36. The standard InChI is InChI=1S/C11H14N4O5/c16-10(7-1-3-20-4-2-7)13-14-11(17)9-5-8(6-12-9)15(18)19/h5-7,12H,1-4H2,(H,13,16)(H,14,17). The van der Waals surface area contributed by atoms with Crippen molar-refractivity contribution in [1.29, 1.82) is 0 Å². The second-order valence-corrected chi connectivity index (χ2v) is 4.36. The van der Waals surface area contributed by atoms with E-state index in [1.165, 1.54) is 0 Å². The number of hydrazine groups is 1. The summed E-state index contributed by atoms with van der Waals surface area (Å²) in [5.41, 5.74) is 4.31. The molecule has 0 aliphatic carbocycles. The first-order valence-corrected chi connectivity index (χ1v) is 6.08. The number of hydrogen-bond donors (Lipinski definition) is 3. The zero-order valence-electron chi connectivity index (χ0n) is 10.5. The van der Waals surface area contributed by atoms with E-state index in [9.17, 15) is 19.7 Å². The van der Waals surface area contributed by atoms with Gasteiger partial charge in [-0.25, -0.2) is 0 Å². The minimum Gasteiger partial charge on any atom is -0.381 e. The third-order valence-electron chi connectivity index (χ3n) is 3.01. The SMILES string of the molecule is O=C(NNC(=O)C1CCOCC1)c1cc([N+](=O)[O-])c[nH]1. The smallest absolute Gasteiger partial charge is 0.287 e. The number of H-pyrrole nitrogens is 1. The number of hydrogen-bond acceptors (Lipinski definition) is 5. The molecule has 0 radical (unpaired) electrons. The lowest BCUT2D eigenvalue weighted by Crippen LogP contribution is -2.45. The van der Waals surface area contributed by atoms with Crippen LogP contribution in [0.15, 0.2) is 12.3 Å². The Hall–Kier alpha value is -2.42. The van der Waals surface area contributed by atoms with E-state index in [1.54, 1.807) is 0 Å². The van der Waals surface area contributed by atoms with Crippen molar-refractivity contribution in [3.63, 3.8) is 0 Å². The number of nitrogens with one attached hydrogen (secondary N) is 3. The van der Waals surface area contributed by atoms with Crippen LogP contribution in [0.25, 0.3) is 0 Å². The van der Waals surface area contributed by atoms with E-state index >= 15 is 0 Å². The van der Waals surface area contributed by atoms with Crippen molar-refractivity contribution in [2.45, 2.75) is 12.8 Å². The molecule has 0 spiro atoms. The van der Waals surface area contributed by atoms with E-state index in [4.69, 9.17) is 4.74 Å². The number of rotatable bonds is 3. The van der Waals surface area contributed by atoms with Gasteiger partial charge in [0.25, 0.3) is 11.6 Å². The summed E-state index contributed by atoms with van der Waals surface area (Å²) >= 11 is 0. The summed E-state index contributed by atoms with van der Waals surface area (Å²) in [4.78, 5) is 35.7. The van der Waals surface area contributed by atoms with E-state index < -0.39 is 10.8 Å². The van der Waals surface area contributed by atoms with Crippen LogP contribution >= 0.6 is 0 Å².